The van der Waals surface area contributed by atoms with E-state index < -0.39 is 0 Å². The highest BCUT2D eigenvalue weighted by molar-refractivity contribution is 5.80. The number of unbranched alkanes of at least 4 members (excludes halogenated alkanes) is 1. The number of nitrogens with zero attached hydrogens (tertiary/aromatic N) is 2. The van der Waals surface area contributed by atoms with Gasteiger partial charge in [-0.2, -0.15) is 0 Å². The zero-order valence-electron chi connectivity index (χ0n) is 18.2. The number of hydrogen-bond acceptors (Lipinski definition) is 2. The van der Waals surface area contributed by atoms with Crippen LogP contribution in [0.1, 0.15) is 44.1 Å². The van der Waals surface area contributed by atoms with Crippen molar-refractivity contribution in [1.82, 2.24) is 14.9 Å². The van der Waals surface area contributed by atoms with Crippen LogP contribution in [0.3, 0.4) is 0 Å². The number of imidazole rings is 1. The van der Waals surface area contributed by atoms with Gasteiger partial charge in [0.05, 0.1) is 23.5 Å². The molecule has 0 bridgehead atoms. The summed E-state index contributed by atoms with van der Waals surface area (Å²) in [6.45, 7) is 5.11. The van der Waals surface area contributed by atoms with Gasteiger partial charge in [0.15, 0.2) is 0 Å². The standard InChI is InChI=1S/C27H29N3O/c1-3-4-18-30-25-13-9-8-12-24(25)29-27(30)20(2)28-26(31)19-21-14-16-23(17-15-21)22-10-6-5-7-11-22/h5-17,20H,3-4,18-19H2,1-2H3,(H,28,31). The third-order valence-corrected chi connectivity index (χ3v) is 5.61. The normalized spacial score (nSPS) is 12.1. The van der Waals surface area contributed by atoms with Crippen LogP contribution < -0.4 is 5.32 Å². The summed E-state index contributed by atoms with van der Waals surface area (Å²) in [6, 6.07) is 26.5. The van der Waals surface area contributed by atoms with Crippen LogP contribution in [0, 0.1) is 0 Å². The van der Waals surface area contributed by atoms with Crippen molar-refractivity contribution in [3.8, 4) is 11.1 Å². The van der Waals surface area contributed by atoms with Gasteiger partial charge in [0.2, 0.25) is 5.91 Å². The molecule has 1 amide bonds. The fraction of sp³-hybridized carbons (Fsp3) is 0.259. The Labute approximate surface area is 183 Å². The smallest absolute Gasteiger partial charge is 0.224 e. The second kappa shape index (κ2) is 9.61. The van der Waals surface area contributed by atoms with Crippen LogP contribution in [-0.4, -0.2) is 15.5 Å². The zero-order chi connectivity index (χ0) is 21.6. The van der Waals surface area contributed by atoms with E-state index in [1.807, 2.05) is 55.5 Å². The Hall–Kier alpha value is -3.40. The van der Waals surface area contributed by atoms with Gasteiger partial charge in [0, 0.05) is 6.54 Å². The summed E-state index contributed by atoms with van der Waals surface area (Å²) < 4.78 is 2.25. The number of aryl methyl sites for hydroxylation is 1. The quantitative estimate of drug-likeness (QED) is 0.391. The Morgan fingerprint density at radius 2 is 1.61 bits per heavy atom. The summed E-state index contributed by atoms with van der Waals surface area (Å²) in [5, 5.41) is 3.15. The molecule has 0 radical (unpaired) electrons. The average molecular weight is 412 g/mol. The molecule has 0 aliphatic carbocycles. The van der Waals surface area contributed by atoms with Gasteiger partial charge in [-0.15, -0.1) is 0 Å². The van der Waals surface area contributed by atoms with Crippen LogP contribution in [0.2, 0.25) is 0 Å². The van der Waals surface area contributed by atoms with E-state index in [2.05, 4.69) is 47.1 Å². The molecule has 1 aromatic heterocycles. The number of fused-ring (bicyclic) bond motifs is 1. The van der Waals surface area contributed by atoms with E-state index in [1.165, 1.54) is 5.56 Å². The number of aromatic nitrogens is 2. The van der Waals surface area contributed by atoms with Crippen molar-refractivity contribution in [2.75, 3.05) is 0 Å². The first kappa shape index (κ1) is 20.9. The largest absolute Gasteiger partial charge is 0.346 e. The molecular formula is C27H29N3O. The molecule has 0 aliphatic heterocycles. The molecule has 4 heteroatoms. The minimum atomic E-state index is -0.152. The highest BCUT2D eigenvalue weighted by Crippen LogP contribution is 2.22. The molecule has 0 fully saturated rings. The van der Waals surface area contributed by atoms with Crippen molar-refractivity contribution in [2.24, 2.45) is 0 Å². The number of carbonyl (C=O) groups is 1. The van der Waals surface area contributed by atoms with Crippen molar-refractivity contribution < 1.29 is 4.79 Å². The molecule has 31 heavy (non-hydrogen) atoms. The lowest BCUT2D eigenvalue weighted by molar-refractivity contribution is -0.121. The maximum atomic E-state index is 12.7. The van der Waals surface area contributed by atoms with Crippen LogP contribution in [-0.2, 0) is 17.8 Å². The first-order valence-corrected chi connectivity index (χ1v) is 11.0. The topological polar surface area (TPSA) is 46.9 Å². The second-order valence-electron chi connectivity index (χ2n) is 7.99. The van der Waals surface area contributed by atoms with E-state index >= 15 is 0 Å². The van der Waals surface area contributed by atoms with Crippen LogP contribution in [0.5, 0.6) is 0 Å². The van der Waals surface area contributed by atoms with Crippen LogP contribution in [0.25, 0.3) is 22.2 Å². The van der Waals surface area contributed by atoms with Crippen molar-refractivity contribution in [3.05, 3.63) is 90.3 Å². The molecule has 158 valence electrons. The third-order valence-electron chi connectivity index (χ3n) is 5.61. The van der Waals surface area contributed by atoms with Crippen molar-refractivity contribution in [3.63, 3.8) is 0 Å². The van der Waals surface area contributed by atoms with Crippen molar-refractivity contribution in [2.45, 2.75) is 45.7 Å². The molecule has 1 N–H and O–H groups in total. The molecule has 0 aliphatic rings. The van der Waals surface area contributed by atoms with Gasteiger partial charge in [0.1, 0.15) is 5.82 Å². The summed E-state index contributed by atoms with van der Waals surface area (Å²) in [5.74, 6) is 0.927. The molecule has 4 rings (SSSR count). The number of amides is 1. The van der Waals surface area contributed by atoms with Gasteiger partial charge in [-0.1, -0.05) is 80.1 Å². The maximum absolute atomic E-state index is 12.7. The predicted octanol–water partition coefficient (Wildman–Crippen LogP) is 5.92. The van der Waals surface area contributed by atoms with E-state index in [1.54, 1.807) is 0 Å². The highest BCUT2D eigenvalue weighted by Gasteiger charge is 2.18. The van der Waals surface area contributed by atoms with Gasteiger partial charge in [-0.3, -0.25) is 4.79 Å². The number of rotatable bonds is 8. The molecule has 0 spiro atoms. The van der Waals surface area contributed by atoms with E-state index in [-0.39, 0.29) is 11.9 Å². The predicted molar refractivity (Wildman–Crippen MR) is 127 cm³/mol. The number of para-hydroxylation sites is 2. The van der Waals surface area contributed by atoms with Gasteiger partial charge < -0.3 is 9.88 Å². The maximum Gasteiger partial charge on any atom is 0.224 e. The van der Waals surface area contributed by atoms with Crippen LogP contribution in [0.15, 0.2) is 78.9 Å². The Kier molecular flexibility index (Phi) is 6.46. The fourth-order valence-electron chi connectivity index (χ4n) is 3.96. The summed E-state index contributed by atoms with van der Waals surface area (Å²) in [4.78, 5) is 17.6. The van der Waals surface area contributed by atoms with E-state index in [4.69, 9.17) is 4.98 Å². The highest BCUT2D eigenvalue weighted by atomic mass is 16.1. The zero-order valence-corrected chi connectivity index (χ0v) is 18.2. The Morgan fingerprint density at radius 1 is 0.935 bits per heavy atom. The SMILES string of the molecule is CCCCn1c(C(C)NC(=O)Cc2ccc(-c3ccccc3)cc2)nc2ccccc21. The molecule has 1 heterocycles. The molecule has 0 saturated heterocycles. The second-order valence-corrected chi connectivity index (χ2v) is 7.99. The number of benzene rings is 3. The number of hydrogen-bond donors (Lipinski definition) is 1. The molecule has 4 aromatic rings. The molecule has 0 saturated carbocycles. The van der Waals surface area contributed by atoms with Gasteiger partial charge in [-0.05, 0) is 42.2 Å². The van der Waals surface area contributed by atoms with Gasteiger partial charge in [-0.25, -0.2) is 4.98 Å². The molecule has 1 unspecified atom stereocenters. The van der Waals surface area contributed by atoms with Crippen LogP contribution >= 0.6 is 0 Å². The lowest BCUT2D eigenvalue weighted by Gasteiger charge is -2.16. The number of carbonyl (C=O) groups excluding carboxylic acids is 1. The Balaban J connectivity index is 1.45. The van der Waals surface area contributed by atoms with Crippen molar-refractivity contribution in [1.29, 1.82) is 0 Å². The average Bonchev–Trinajstić information content (AvgIpc) is 3.17. The van der Waals surface area contributed by atoms with E-state index in [0.29, 0.717) is 6.42 Å². The molecular weight excluding hydrogens is 382 g/mol. The lowest BCUT2D eigenvalue weighted by atomic mass is 10.0. The minimum absolute atomic E-state index is 0.00839. The summed E-state index contributed by atoms with van der Waals surface area (Å²) in [7, 11) is 0. The summed E-state index contributed by atoms with van der Waals surface area (Å²) in [6.07, 6.45) is 2.56. The van der Waals surface area contributed by atoms with E-state index in [9.17, 15) is 4.79 Å². The third kappa shape index (κ3) is 4.85. The van der Waals surface area contributed by atoms with Gasteiger partial charge >= 0.3 is 0 Å². The monoisotopic (exact) mass is 411 g/mol. The molecule has 4 nitrogen and oxygen atoms in total. The van der Waals surface area contributed by atoms with Gasteiger partial charge in [0.25, 0.3) is 0 Å². The Bertz CT molecular complexity index is 1150. The first-order valence-electron chi connectivity index (χ1n) is 11.0. The summed E-state index contributed by atoms with van der Waals surface area (Å²) in [5.41, 5.74) is 5.44. The molecule has 3 aromatic carbocycles. The Morgan fingerprint density at radius 3 is 2.35 bits per heavy atom. The minimum Gasteiger partial charge on any atom is -0.346 e. The lowest BCUT2D eigenvalue weighted by Crippen LogP contribution is -2.30. The number of nitrogens with one attached hydrogen (secondary N) is 1. The summed E-state index contributed by atoms with van der Waals surface area (Å²) >= 11 is 0. The van der Waals surface area contributed by atoms with Crippen molar-refractivity contribution >= 4 is 16.9 Å². The molecule has 1 atom stereocenters. The van der Waals surface area contributed by atoms with E-state index in [0.717, 1.165) is 47.4 Å². The van der Waals surface area contributed by atoms with Crippen LogP contribution in [0.4, 0.5) is 0 Å². The first-order chi connectivity index (χ1) is 15.2. The fourth-order valence-corrected chi connectivity index (χ4v) is 3.96.